The second-order valence-electron chi connectivity index (χ2n) is 4.24. The first-order valence-electron chi connectivity index (χ1n) is 5.98. The number of hydrogen-bond acceptors (Lipinski definition) is 7. The topological polar surface area (TPSA) is 128 Å². The molecule has 0 atom stereocenters. The summed E-state index contributed by atoms with van der Waals surface area (Å²) in [6.45, 7) is 4.77. The Bertz CT molecular complexity index is 424. The van der Waals surface area contributed by atoms with Crippen LogP contribution in [0.5, 0.6) is 0 Å². The maximum absolute atomic E-state index is 10.5. The zero-order valence-electron chi connectivity index (χ0n) is 11.1. The van der Waals surface area contributed by atoms with Crippen molar-refractivity contribution in [2.24, 2.45) is 11.6 Å². The molecule has 1 rings (SSSR count). The fourth-order valence-electron chi connectivity index (χ4n) is 1.31. The van der Waals surface area contributed by atoms with Crippen molar-refractivity contribution in [1.29, 1.82) is 0 Å². The Morgan fingerprint density at radius 1 is 1.42 bits per heavy atom. The smallest absolute Gasteiger partial charge is 0.243 e. The van der Waals surface area contributed by atoms with Gasteiger partial charge in [0.2, 0.25) is 5.91 Å². The molecule has 8 nitrogen and oxygen atoms in total. The first kappa shape index (κ1) is 15.1. The Morgan fingerprint density at radius 3 is 2.68 bits per heavy atom. The van der Waals surface area contributed by atoms with E-state index in [1.54, 1.807) is 6.07 Å². The second-order valence-corrected chi connectivity index (χ2v) is 4.24. The molecule has 0 unspecified atom stereocenters. The first-order chi connectivity index (χ1) is 9.02. The number of carbonyl (C=O) groups excluding carboxylic acids is 1. The van der Waals surface area contributed by atoms with E-state index in [9.17, 15) is 4.79 Å². The van der Waals surface area contributed by atoms with Crippen molar-refractivity contribution in [1.82, 2.24) is 9.97 Å². The molecule has 106 valence electrons. The zero-order valence-corrected chi connectivity index (χ0v) is 11.1. The summed E-state index contributed by atoms with van der Waals surface area (Å²) in [4.78, 5) is 19.1. The molecule has 0 saturated carbocycles. The molecule has 19 heavy (non-hydrogen) atoms. The minimum absolute atomic E-state index is 0.0850. The Hall–Kier alpha value is -1.93. The third kappa shape index (κ3) is 5.49. The number of anilines is 2. The number of nitrogens with zero attached hydrogens (tertiary/aromatic N) is 2. The van der Waals surface area contributed by atoms with Crippen LogP contribution in [0.4, 0.5) is 11.6 Å². The molecule has 0 aliphatic rings. The molecule has 0 aromatic carbocycles. The predicted molar refractivity (Wildman–Crippen MR) is 72.4 cm³/mol. The Kier molecular flexibility index (Phi) is 5.97. The first-order valence-corrected chi connectivity index (χ1v) is 5.98. The maximum atomic E-state index is 10.5. The van der Waals surface area contributed by atoms with Crippen LogP contribution in [0.15, 0.2) is 6.07 Å². The molecule has 0 aliphatic carbocycles. The van der Waals surface area contributed by atoms with Crippen LogP contribution in [0.1, 0.15) is 25.6 Å². The van der Waals surface area contributed by atoms with Gasteiger partial charge in [-0.05, 0) is 0 Å². The quantitative estimate of drug-likeness (QED) is 0.292. The van der Waals surface area contributed by atoms with Gasteiger partial charge in [-0.1, -0.05) is 13.8 Å². The fourth-order valence-corrected chi connectivity index (χ4v) is 1.31. The number of ether oxygens (including phenoxy) is 1. The van der Waals surface area contributed by atoms with Crippen molar-refractivity contribution in [3.05, 3.63) is 11.9 Å². The zero-order chi connectivity index (χ0) is 14.3. The molecule has 0 radical (unpaired) electrons. The molecule has 0 fully saturated rings. The van der Waals surface area contributed by atoms with Crippen LogP contribution in [0.25, 0.3) is 0 Å². The highest BCUT2D eigenvalue weighted by molar-refractivity contribution is 5.74. The molecule has 1 amide bonds. The van der Waals surface area contributed by atoms with Gasteiger partial charge in [0, 0.05) is 18.5 Å². The summed E-state index contributed by atoms with van der Waals surface area (Å²) >= 11 is 0. The summed E-state index contributed by atoms with van der Waals surface area (Å²) in [7, 11) is 0. The molecular weight excluding hydrogens is 248 g/mol. The van der Waals surface area contributed by atoms with E-state index < -0.39 is 5.91 Å². The van der Waals surface area contributed by atoms with Crippen molar-refractivity contribution >= 4 is 17.5 Å². The normalized spacial score (nSPS) is 10.5. The summed E-state index contributed by atoms with van der Waals surface area (Å²) in [5, 5.41) is 3.06. The number of hydrogen-bond donors (Lipinski definition) is 4. The summed E-state index contributed by atoms with van der Waals surface area (Å²) in [5.74, 6) is 6.94. The van der Waals surface area contributed by atoms with Crippen molar-refractivity contribution in [2.45, 2.75) is 19.8 Å². The van der Waals surface area contributed by atoms with Crippen LogP contribution in [-0.2, 0) is 9.53 Å². The van der Waals surface area contributed by atoms with Crippen molar-refractivity contribution < 1.29 is 9.53 Å². The molecule has 0 spiro atoms. The van der Waals surface area contributed by atoms with Crippen LogP contribution in [0, 0.1) is 0 Å². The van der Waals surface area contributed by atoms with E-state index in [4.69, 9.17) is 16.3 Å². The second kappa shape index (κ2) is 7.49. The molecule has 1 heterocycles. The number of amides is 1. The number of aromatic nitrogens is 2. The monoisotopic (exact) mass is 268 g/mol. The van der Waals surface area contributed by atoms with Crippen LogP contribution in [-0.4, -0.2) is 35.6 Å². The van der Waals surface area contributed by atoms with Crippen molar-refractivity contribution in [3.8, 4) is 0 Å². The largest absolute Gasteiger partial charge is 0.370 e. The van der Waals surface area contributed by atoms with E-state index in [2.05, 4.69) is 20.7 Å². The van der Waals surface area contributed by atoms with Gasteiger partial charge >= 0.3 is 0 Å². The van der Waals surface area contributed by atoms with Gasteiger partial charge in [0.25, 0.3) is 0 Å². The van der Waals surface area contributed by atoms with Gasteiger partial charge < -0.3 is 21.2 Å². The Labute approximate surface area is 111 Å². The molecule has 8 heteroatoms. The van der Waals surface area contributed by atoms with E-state index in [1.807, 2.05) is 13.8 Å². The van der Waals surface area contributed by atoms with Gasteiger partial charge in [0.15, 0.2) is 0 Å². The minimum atomic E-state index is -0.487. The van der Waals surface area contributed by atoms with Crippen molar-refractivity contribution in [3.63, 3.8) is 0 Å². The molecular formula is C11H20N6O2. The van der Waals surface area contributed by atoms with Gasteiger partial charge in [-0.25, -0.2) is 15.8 Å². The van der Waals surface area contributed by atoms with Gasteiger partial charge in [0.1, 0.15) is 24.1 Å². The summed E-state index contributed by atoms with van der Waals surface area (Å²) < 4.78 is 5.03. The van der Waals surface area contributed by atoms with Gasteiger partial charge in [-0.2, -0.15) is 0 Å². The number of rotatable bonds is 8. The Morgan fingerprint density at radius 2 is 2.11 bits per heavy atom. The van der Waals surface area contributed by atoms with Gasteiger partial charge in [-0.3, -0.25) is 4.79 Å². The number of nitrogens with one attached hydrogen (secondary N) is 2. The summed E-state index contributed by atoms with van der Waals surface area (Å²) in [6, 6.07) is 1.69. The van der Waals surface area contributed by atoms with E-state index >= 15 is 0 Å². The van der Waals surface area contributed by atoms with Crippen LogP contribution in [0.2, 0.25) is 0 Å². The number of nitrogen functional groups attached to an aromatic ring is 1. The molecule has 0 bridgehead atoms. The van der Waals surface area contributed by atoms with E-state index in [-0.39, 0.29) is 12.5 Å². The highest BCUT2D eigenvalue weighted by atomic mass is 16.5. The highest BCUT2D eigenvalue weighted by Gasteiger charge is 2.07. The van der Waals surface area contributed by atoms with Crippen LogP contribution >= 0.6 is 0 Å². The highest BCUT2D eigenvalue weighted by Crippen LogP contribution is 2.15. The SMILES string of the molecule is CC(C)c1nc(NN)cc(NCCOCC(N)=O)n1. The van der Waals surface area contributed by atoms with Gasteiger partial charge in [-0.15, -0.1) is 0 Å². The van der Waals surface area contributed by atoms with E-state index in [1.165, 1.54) is 0 Å². The standard InChI is InChI=1S/C11H20N6O2/c1-7(2)11-15-9(5-10(16-11)17-13)14-3-4-19-6-8(12)18/h5,7H,3-4,6,13H2,1-2H3,(H2,12,18)(H2,14,15,16,17). The summed E-state index contributed by atoms with van der Waals surface area (Å²) in [6.07, 6.45) is 0. The lowest BCUT2D eigenvalue weighted by Crippen LogP contribution is -2.21. The number of hydrazine groups is 1. The van der Waals surface area contributed by atoms with Crippen LogP contribution < -0.4 is 22.3 Å². The molecule has 1 aromatic heterocycles. The van der Waals surface area contributed by atoms with Crippen molar-refractivity contribution in [2.75, 3.05) is 30.5 Å². The van der Waals surface area contributed by atoms with E-state index in [0.29, 0.717) is 30.6 Å². The lowest BCUT2D eigenvalue weighted by molar-refractivity contribution is -0.122. The lowest BCUT2D eigenvalue weighted by Gasteiger charge is -2.11. The average Bonchev–Trinajstić information content (AvgIpc) is 2.37. The van der Waals surface area contributed by atoms with E-state index in [0.717, 1.165) is 0 Å². The minimum Gasteiger partial charge on any atom is -0.370 e. The number of primary amides is 1. The summed E-state index contributed by atoms with van der Waals surface area (Å²) in [5.41, 5.74) is 7.45. The van der Waals surface area contributed by atoms with Crippen LogP contribution in [0.3, 0.4) is 0 Å². The number of nitrogens with two attached hydrogens (primary N) is 2. The maximum Gasteiger partial charge on any atom is 0.243 e. The van der Waals surface area contributed by atoms with Gasteiger partial charge in [0.05, 0.1) is 6.61 Å². The molecule has 1 aromatic rings. The third-order valence-electron chi connectivity index (χ3n) is 2.20. The predicted octanol–water partition coefficient (Wildman–Crippen LogP) is -0.201. The lowest BCUT2D eigenvalue weighted by atomic mass is 10.2. The Balaban J connectivity index is 2.52. The third-order valence-corrected chi connectivity index (χ3v) is 2.20. The average molecular weight is 268 g/mol. The molecule has 6 N–H and O–H groups in total. The number of carbonyl (C=O) groups is 1. The fraction of sp³-hybridized carbons (Fsp3) is 0.545. The molecule has 0 aliphatic heterocycles. The molecule has 0 saturated heterocycles.